The van der Waals surface area contributed by atoms with Gasteiger partial charge in [0.15, 0.2) is 27.6 Å². The number of aromatic nitrogens is 3. The number of piperidine rings is 1. The average Bonchev–Trinajstić information content (AvgIpc) is 3.32. The summed E-state index contributed by atoms with van der Waals surface area (Å²) in [5, 5.41) is 12.9. The van der Waals surface area contributed by atoms with Crippen LogP contribution in [0.1, 0.15) is 56.7 Å². The number of Topliss-reactive ketones (excluding diaryl/α,β-unsaturated/α-hetero) is 1. The molecule has 162 valence electrons. The molecule has 1 amide bonds. The average molecular weight is 456 g/mol. The predicted octanol–water partition coefficient (Wildman–Crippen LogP) is 2.01. The van der Waals surface area contributed by atoms with E-state index < -0.39 is 5.97 Å². The third kappa shape index (κ3) is 4.47. The minimum absolute atomic E-state index is 0.114. The number of thiazole rings is 1. The first kappa shape index (κ1) is 22.2. The molecule has 2 atom stereocenters. The minimum Gasteiger partial charge on any atom is -0.476 e. The second kappa shape index (κ2) is 9.11. The lowest BCUT2D eigenvalue weighted by Gasteiger charge is -2.37. The number of carbonyl (C=O) groups excluding carboxylic acids is 2. The summed E-state index contributed by atoms with van der Waals surface area (Å²) in [5.74, 6) is -1.81. The van der Waals surface area contributed by atoms with E-state index in [2.05, 4.69) is 20.3 Å². The molecule has 3 heterocycles. The fourth-order valence-electron chi connectivity index (χ4n) is 3.29. The number of amides is 1. The highest BCUT2D eigenvalue weighted by Gasteiger charge is 2.33. The molecule has 0 spiro atoms. The number of nitrogens with one attached hydrogen (secondary N) is 2. The van der Waals surface area contributed by atoms with Crippen LogP contribution in [0.5, 0.6) is 0 Å². The van der Waals surface area contributed by atoms with Gasteiger partial charge in [0.05, 0.1) is 17.8 Å². The van der Waals surface area contributed by atoms with Gasteiger partial charge in [-0.05, 0) is 12.8 Å². The van der Waals surface area contributed by atoms with Crippen molar-refractivity contribution in [3.8, 4) is 0 Å². The number of carbonyl (C=O) groups is 3. The zero-order chi connectivity index (χ0) is 22.0. The first-order chi connectivity index (χ1) is 14.2. The maximum absolute atomic E-state index is 12.6. The molecule has 0 saturated carbocycles. The highest BCUT2D eigenvalue weighted by Crippen LogP contribution is 2.30. The lowest BCUT2D eigenvalue weighted by atomic mass is 10.0. The second-order valence-corrected chi connectivity index (χ2v) is 8.17. The van der Waals surface area contributed by atoms with Crippen molar-refractivity contribution >= 4 is 45.7 Å². The van der Waals surface area contributed by atoms with Gasteiger partial charge >= 0.3 is 5.97 Å². The number of methoxy groups -OCH3 is 1. The van der Waals surface area contributed by atoms with E-state index in [9.17, 15) is 19.5 Å². The zero-order valence-corrected chi connectivity index (χ0v) is 18.3. The molecule has 2 aromatic rings. The second-order valence-electron chi connectivity index (χ2n) is 6.83. The number of ketones is 1. The van der Waals surface area contributed by atoms with E-state index in [0.29, 0.717) is 36.8 Å². The molecule has 1 fully saturated rings. The lowest BCUT2D eigenvalue weighted by molar-refractivity contribution is 0.0538. The highest BCUT2D eigenvalue weighted by atomic mass is 35.5. The van der Waals surface area contributed by atoms with E-state index in [1.807, 2.05) is 11.8 Å². The third-order valence-corrected chi connectivity index (χ3v) is 6.41. The van der Waals surface area contributed by atoms with Crippen LogP contribution >= 0.6 is 22.9 Å². The van der Waals surface area contributed by atoms with Crippen molar-refractivity contribution in [2.75, 3.05) is 25.1 Å². The molecule has 0 bridgehead atoms. The topological polar surface area (TPSA) is 138 Å². The van der Waals surface area contributed by atoms with Crippen LogP contribution in [0.2, 0.25) is 5.15 Å². The third-order valence-electron chi connectivity index (χ3n) is 4.88. The van der Waals surface area contributed by atoms with Gasteiger partial charge in [0.25, 0.3) is 5.91 Å². The van der Waals surface area contributed by atoms with Gasteiger partial charge in [0, 0.05) is 27.1 Å². The minimum atomic E-state index is -1.24. The number of hydrogen-bond acceptors (Lipinski definition) is 8. The number of carboxylic acids is 1. The summed E-state index contributed by atoms with van der Waals surface area (Å²) in [6.07, 6.45) is 0.806. The summed E-state index contributed by atoms with van der Waals surface area (Å²) in [7, 11) is 1.54. The summed E-state index contributed by atoms with van der Waals surface area (Å²) in [5.41, 5.74) is 0.451. The van der Waals surface area contributed by atoms with Crippen LogP contribution in [-0.4, -0.2) is 70.1 Å². The lowest BCUT2D eigenvalue weighted by Crippen LogP contribution is -2.55. The van der Waals surface area contributed by atoms with Gasteiger partial charge in [-0.2, -0.15) is 0 Å². The summed E-state index contributed by atoms with van der Waals surface area (Å²) in [6, 6.07) is -0.279. The molecule has 3 rings (SSSR count). The van der Waals surface area contributed by atoms with Crippen LogP contribution in [-0.2, 0) is 11.2 Å². The molecule has 30 heavy (non-hydrogen) atoms. The molecular weight excluding hydrogens is 434 g/mol. The van der Waals surface area contributed by atoms with Gasteiger partial charge in [-0.1, -0.05) is 29.9 Å². The largest absolute Gasteiger partial charge is 0.476 e. The Morgan fingerprint density at radius 1 is 1.40 bits per heavy atom. The quantitative estimate of drug-likeness (QED) is 0.539. The van der Waals surface area contributed by atoms with Gasteiger partial charge in [0.1, 0.15) is 4.88 Å². The fourth-order valence-corrected chi connectivity index (χ4v) is 4.54. The van der Waals surface area contributed by atoms with Crippen molar-refractivity contribution in [3.63, 3.8) is 0 Å². The summed E-state index contributed by atoms with van der Waals surface area (Å²) in [4.78, 5) is 48.8. The molecule has 3 N–H and O–H groups in total. The van der Waals surface area contributed by atoms with E-state index in [0.717, 1.165) is 11.3 Å². The monoisotopic (exact) mass is 455 g/mol. The Bertz CT molecular complexity index is 943. The van der Waals surface area contributed by atoms with Crippen molar-refractivity contribution < 1.29 is 24.2 Å². The van der Waals surface area contributed by atoms with Crippen molar-refractivity contribution in [1.82, 2.24) is 20.3 Å². The number of halogens is 1. The van der Waals surface area contributed by atoms with Crippen molar-refractivity contribution in [2.24, 2.45) is 0 Å². The Balaban J connectivity index is 1.72. The first-order valence-corrected chi connectivity index (χ1v) is 10.5. The maximum atomic E-state index is 12.6. The molecule has 10 nitrogen and oxygen atoms in total. The van der Waals surface area contributed by atoms with Gasteiger partial charge in [0.2, 0.25) is 0 Å². The van der Waals surface area contributed by atoms with E-state index >= 15 is 0 Å². The van der Waals surface area contributed by atoms with E-state index in [4.69, 9.17) is 16.3 Å². The highest BCUT2D eigenvalue weighted by molar-refractivity contribution is 7.17. The number of nitrogens with zero attached hydrogens (tertiary/aromatic N) is 3. The number of aryl methyl sites for hydroxylation is 1. The van der Waals surface area contributed by atoms with Crippen molar-refractivity contribution in [1.29, 1.82) is 0 Å². The zero-order valence-electron chi connectivity index (χ0n) is 16.7. The normalized spacial score (nSPS) is 19.0. The number of anilines is 1. The van der Waals surface area contributed by atoms with Gasteiger partial charge < -0.3 is 25.0 Å². The van der Waals surface area contributed by atoms with Crippen LogP contribution in [0, 0.1) is 0 Å². The molecule has 12 heteroatoms. The molecule has 0 aromatic carbocycles. The molecule has 0 aliphatic carbocycles. The smallest absolute Gasteiger partial charge is 0.356 e. The summed E-state index contributed by atoms with van der Waals surface area (Å²) >= 11 is 7.05. The maximum Gasteiger partial charge on any atom is 0.356 e. The number of aromatic carboxylic acids is 1. The van der Waals surface area contributed by atoms with Crippen molar-refractivity contribution in [3.05, 3.63) is 27.2 Å². The number of imidazole rings is 1. The Hall–Kier alpha value is -2.50. The Labute approximate surface area is 181 Å². The van der Waals surface area contributed by atoms with Crippen molar-refractivity contribution in [2.45, 2.75) is 38.8 Å². The molecule has 2 aromatic heterocycles. The number of hydrogen-bond donors (Lipinski definition) is 3. The van der Waals surface area contributed by atoms with E-state index in [-0.39, 0.29) is 45.4 Å². The Morgan fingerprint density at radius 2 is 2.13 bits per heavy atom. The van der Waals surface area contributed by atoms with Crippen LogP contribution in [0.3, 0.4) is 0 Å². The summed E-state index contributed by atoms with van der Waals surface area (Å²) in [6.45, 7) is 4.11. The standard InChI is InChI=1S/C18H22ClN5O5S/c1-4-9-14(19)23-15(20-9)16(26)21-10-5-6-24(7-11(10)29-3)18-22-12(17(27)28)13(30-18)8(2)25/h10-11H,4-7H2,1-3H3,(H,20,23)(H,21,26)(H,27,28)/t10-,11+/m1/s1. The van der Waals surface area contributed by atoms with E-state index in [1.165, 1.54) is 14.0 Å². The SMILES string of the molecule is CCc1[nH]c(C(=O)N[C@@H]2CCN(c3nc(C(=O)O)c(C(C)=O)s3)C[C@@H]2OC)nc1Cl. The number of carboxylic acid groups (broad SMARTS) is 1. The van der Waals surface area contributed by atoms with Crippen LogP contribution in [0.15, 0.2) is 0 Å². The van der Waals surface area contributed by atoms with E-state index in [1.54, 1.807) is 0 Å². The first-order valence-electron chi connectivity index (χ1n) is 9.33. The van der Waals surface area contributed by atoms with Crippen LogP contribution < -0.4 is 10.2 Å². The Morgan fingerprint density at radius 3 is 2.67 bits per heavy atom. The van der Waals surface area contributed by atoms with Crippen LogP contribution in [0.4, 0.5) is 5.13 Å². The number of rotatable bonds is 7. The molecule has 1 aliphatic rings. The molecule has 0 radical (unpaired) electrons. The number of aromatic amines is 1. The Kier molecular flexibility index (Phi) is 6.74. The molecule has 0 unspecified atom stereocenters. The van der Waals surface area contributed by atoms with Gasteiger partial charge in [-0.15, -0.1) is 0 Å². The predicted molar refractivity (Wildman–Crippen MR) is 111 cm³/mol. The number of H-pyrrole nitrogens is 1. The van der Waals surface area contributed by atoms with Gasteiger partial charge in [-0.3, -0.25) is 9.59 Å². The van der Waals surface area contributed by atoms with Crippen LogP contribution in [0.25, 0.3) is 0 Å². The fraction of sp³-hybridized carbons (Fsp3) is 0.500. The summed E-state index contributed by atoms with van der Waals surface area (Å²) < 4.78 is 5.55. The number of ether oxygens (including phenoxy) is 1. The molecule has 1 saturated heterocycles. The van der Waals surface area contributed by atoms with Gasteiger partial charge in [-0.25, -0.2) is 14.8 Å². The molecule has 1 aliphatic heterocycles. The molecular formula is C18H22ClN5O5S.